The lowest BCUT2D eigenvalue weighted by atomic mass is 10.1. The Labute approximate surface area is 104 Å². The van der Waals surface area contributed by atoms with Crippen molar-refractivity contribution in [1.29, 1.82) is 0 Å². The molecule has 0 amide bonds. The topological polar surface area (TPSA) is 38.0 Å². The van der Waals surface area contributed by atoms with E-state index >= 15 is 0 Å². The van der Waals surface area contributed by atoms with Crippen LogP contribution in [0.25, 0.3) is 0 Å². The largest absolute Gasteiger partial charge is 0.271 e. The minimum Gasteiger partial charge on any atom is -0.271 e. The fourth-order valence-electron chi connectivity index (χ4n) is 1.65. The van der Waals surface area contributed by atoms with Crippen LogP contribution < -0.4 is 11.3 Å². The van der Waals surface area contributed by atoms with Gasteiger partial charge < -0.3 is 0 Å². The Hall–Kier alpha value is -0.680. The first-order valence-corrected chi connectivity index (χ1v) is 7.10. The van der Waals surface area contributed by atoms with E-state index in [1.54, 1.807) is 11.3 Å². The minimum atomic E-state index is 0.239. The van der Waals surface area contributed by atoms with Crippen LogP contribution in [0.3, 0.4) is 0 Å². The molecule has 3 N–H and O–H groups in total. The third-order valence-electron chi connectivity index (χ3n) is 2.56. The second-order valence-corrected chi connectivity index (χ2v) is 5.89. The summed E-state index contributed by atoms with van der Waals surface area (Å²) in [6.45, 7) is 2.19. The normalized spacial score (nSPS) is 12.9. The molecule has 2 aromatic heterocycles. The van der Waals surface area contributed by atoms with Crippen molar-refractivity contribution in [3.63, 3.8) is 0 Å². The van der Waals surface area contributed by atoms with E-state index in [0.717, 1.165) is 12.8 Å². The maximum Gasteiger partial charge on any atom is 0.0601 e. The third kappa shape index (κ3) is 2.71. The highest BCUT2D eigenvalue weighted by molar-refractivity contribution is 7.12. The van der Waals surface area contributed by atoms with Crippen molar-refractivity contribution in [3.8, 4) is 0 Å². The van der Waals surface area contributed by atoms with E-state index in [9.17, 15) is 0 Å². The van der Waals surface area contributed by atoms with Gasteiger partial charge >= 0.3 is 0 Å². The molecule has 16 heavy (non-hydrogen) atoms. The third-order valence-corrected chi connectivity index (χ3v) is 4.80. The van der Waals surface area contributed by atoms with E-state index < -0.39 is 0 Å². The second-order valence-electron chi connectivity index (χ2n) is 3.66. The van der Waals surface area contributed by atoms with Gasteiger partial charge in [-0.05, 0) is 30.0 Å². The van der Waals surface area contributed by atoms with Crippen molar-refractivity contribution < 1.29 is 0 Å². The average Bonchev–Trinajstić information content (AvgIpc) is 2.96. The van der Waals surface area contributed by atoms with Gasteiger partial charge in [0, 0.05) is 21.1 Å². The molecule has 0 bridgehead atoms. The molecule has 0 spiro atoms. The Morgan fingerprint density at radius 1 is 1.31 bits per heavy atom. The highest BCUT2D eigenvalue weighted by Crippen LogP contribution is 2.26. The van der Waals surface area contributed by atoms with Crippen molar-refractivity contribution in [2.75, 3.05) is 0 Å². The lowest BCUT2D eigenvalue weighted by molar-refractivity contribution is 0.564. The Morgan fingerprint density at radius 2 is 2.12 bits per heavy atom. The Kier molecular flexibility index (Phi) is 4.12. The predicted molar refractivity (Wildman–Crippen MR) is 71.8 cm³/mol. The van der Waals surface area contributed by atoms with Gasteiger partial charge in [0.25, 0.3) is 0 Å². The number of rotatable bonds is 5. The molecule has 2 aromatic rings. The molecule has 0 radical (unpaired) electrons. The maximum atomic E-state index is 5.61. The average molecular weight is 252 g/mol. The molecule has 2 heterocycles. The van der Waals surface area contributed by atoms with Gasteiger partial charge in [-0.2, -0.15) is 0 Å². The zero-order chi connectivity index (χ0) is 11.4. The SMILES string of the molecule is CCc1ccc(CC(NN)c2cccs2)s1. The molecule has 0 aliphatic rings. The predicted octanol–water partition coefficient (Wildman–Crippen LogP) is 3.12. The highest BCUT2D eigenvalue weighted by Gasteiger charge is 2.12. The van der Waals surface area contributed by atoms with Crippen LogP contribution in [0.2, 0.25) is 0 Å². The second kappa shape index (κ2) is 5.59. The summed E-state index contributed by atoms with van der Waals surface area (Å²) in [4.78, 5) is 4.14. The Balaban J connectivity index is 2.07. The van der Waals surface area contributed by atoms with E-state index in [0.29, 0.717) is 0 Å². The van der Waals surface area contributed by atoms with Crippen LogP contribution in [0, 0.1) is 0 Å². The molecule has 1 atom stereocenters. The molecule has 2 rings (SSSR count). The molecule has 0 saturated heterocycles. The Bertz CT molecular complexity index is 420. The van der Waals surface area contributed by atoms with Crippen LogP contribution in [-0.2, 0) is 12.8 Å². The number of hydrogen-bond acceptors (Lipinski definition) is 4. The number of hydrogen-bond donors (Lipinski definition) is 2. The molecule has 0 aliphatic carbocycles. The van der Waals surface area contributed by atoms with Crippen LogP contribution in [0.4, 0.5) is 0 Å². The first-order valence-electron chi connectivity index (χ1n) is 5.40. The monoisotopic (exact) mass is 252 g/mol. The van der Waals surface area contributed by atoms with Crippen molar-refractivity contribution in [2.45, 2.75) is 25.8 Å². The zero-order valence-corrected chi connectivity index (χ0v) is 10.9. The number of hydrazine groups is 1. The van der Waals surface area contributed by atoms with E-state index in [-0.39, 0.29) is 6.04 Å². The van der Waals surface area contributed by atoms with Gasteiger partial charge in [-0.3, -0.25) is 11.3 Å². The van der Waals surface area contributed by atoms with Crippen LogP contribution in [0.1, 0.15) is 27.6 Å². The first kappa shape index (κ1) is 11.8. The molecule has 0 saturated carbocycles. The summed E-state index contributed by atoms with van der Waals surface area (Å²) in [5.74, 6) is 5.61. The quantitative estimate of drug-likeness (QED) is 0.634. The smallest absolute Gasteiger partial charge is 0.0601 e. The maximum absolute atomic E-state index is 5.61. The van der Waals surface area contributed by atoms with Gasteiger partial charge in [-0.15, -0.1) is 22.7 Å². The number of nitrogens with one attached hydrogen (secondary N) is 1. The molecule has 2 nitrogen and oxygen atoms in total. The lowest BCUT2D eigenvalue weighted by Gasteiger charge is -2.12. The highest BCUT2D eigenvalue weighted by atomic mass is 32.1. The van der Waals surface area contributed by atoms with Crippen molar-refractivity contribution in [3.05, 3.63) is 44.3 Å². The fourth-order valence-corrected chi connectivity index (χ4v) is 3.44. The van der Waals surface area contributed by atoms with Crippen molar-refractivity contribution in [2.24, 2.45) is 5.84 Å². The Morgan fingerprint density at radius 3 is 2.69 bits per heavy atom. The van der Waals surface area contributed by atoms with Gasteiger partial charge in [-0.25, -0.2) is 0 Å². The van der Waals surface area contributed by atoms with Gasteiger partial charge in [0.2, 0.25) is 0 Å². The molecule has 0 fully saturated rings. The summed E-state index contributed by atoms with van der Waals surface area (Å²) in [6.07, 6.45) is 2.09. The molecule has 1 unspecified atom stereocenters. The molecule has 4 heteroatoms. The molecule has 0 aliphatic heterocycles. The number of thiophene rings is 2. The summed E-state index contributed by atoms with van der Waals surface area (Å²) >= 11 is 3.63. The van der Waals surface area contributed by atoms with E-state index in [1.807, 2.05) is 11.3 Å². The standard InChI is InChI=1S/C12H16N2S2/c1-2-9-5-6-10(16-9)8-11(14-13)12-4-3-7-15-12/h3-7,11,14H,2,8,13H2,1H3. The van der Waals surface area contributed by atoms with Crippen LogP contribution in [0.15, 0.2) is 29.6 Å². The van der Waals surface area contributed by atoms with E-state index in [2.05, 4.69) is 42.0 Å². The summed E-state index contributed by atoms with van der Waals surface area (Å²) in [7, 11) is 0. The van der Waals surface area contributed by atoms with E-state index in [4.69, 9.17) is 5.84 Å². The molecular weight excluding hydrogens is 236 g/mol. The van der Waals surface area contributed by atoms with Crippen LogP contribution in [0.5, 0.6) is 0 Å². The fraction of sp³-hybridized carbons (Fsp3) is 0.333. The van der Waals surface area contributed by atoms with Gasteiger partial charge in [0.15, 0.2) is 0 Å². The lowest BCUT2D eigenvalue weighted by Crippen LogP contribution is -2.28. The van der Waals surface area contributed by atoms with Crippen LogP contribution >= 0.6 is 22.7 Å². The van der Waals surface area contributed by atoms with Gasteiger partial charge in [0.05, 0.1) is 6.04 Å². The first-order chi connectivity index (χ1) is 7.83. The van der Waals surface area contributed by atoms with E-state index in [1.165, 1.54) is 14.6 Å². The van der Waals surface area contributed by atoms with Crippen LogP contribution in [-0.4, -0.2) is 0 Å². The van der Waals surface area contributed by atoms with Crippen molar-refractivity contribution >= 4 is 22.7 Å². The van der Waals surface area contributed by atoms with Crippen molar-refractivity contribution in [1.82, 2.24) is 5.43 Å². The number of nitrogens with two attached hydrogens (primary N) is 1. The molecular formula is C12H16N2S2. The summed E-state index contributed by atoms with van der Waals surface area (Å²) in [5.41, 5.74) is 2.90. The minimum absolute atomic E-state index is 0.239. The number of aryl methyl sites for hydroxylation is 1. The van der Waals surface area contributed by atoms with Gasteiger partial charge in [0.1, 0.15) is 0 Å². The summed E-state index contributed by atoms with van der Waals surface area (Å²) < 4.78 is 0. The van der Waals surface area contributed by atoms with Gasteiger partial charge in [-0.1, -0.05) is 13.0 Å². The zero-order valence-electron chi connectivity index (χ0n) is 9.27. The summed E-state index contributed by atoms with van der Waals surface area (Å²) in [5, 5.41) is 2.09. The summed E-state index contributed by atoms with van der Waals surface area (Å²) in [6, 6.07) is 8.85. The molecule has 0 aromatic carbocycles. The molecule has 86 valence electrons.